The molecule has 0 saturated heterocycles. The second-order valence-corrected chi connectivity index (χ2v) is 8.05. The molecule has 1 rings (SSSR count). The highest BCUT2D eigenvalue weighted by atomic mass is 16.6. The largest absolute Gasteiger partial charge is 0.462 e. The van der Waals surface area contributed by atoms with Crippen LogP contribution in [0.2, 0.25) is 0 Å². The zero-order valence-electron chi connectivity index (χ0n) is 20.0. The van der Waals surface area contributed by atoms with Crippen LogP contribution in [0.3, 0.4) is 0 Å². The Morgan fingerprint density at radius 2 is 1.31 bits per heavy atom. The van der Waals surface area contributed by atoms with Crippen LogP contribution in [0.4, 0.5) is 0 Å². The van der Waals surface area contributed by atoms with E-state index in [1.165, 1.54) is 0 Å². The molecular formula is C23H29NO11. The van der Waals surface area contributed by atoms with Crippen LogP contribution < -0.4 is 0 Å². The Labute approximate surface area is 201 Å². The van der Waals surface area contributed by atoms with Crippen molar-refractivity contribution in [2.45, 2.75) is 63.6 Å². The summed E-state index contributed by atoms with van der Waals surface area (Å²) < 4.78 is 4.59. The Kier molecular flexibility index (Phi) is 9.30. The number of carbonyl (C=O) groups is 5. The Hall–Kier alpha value is -3.32. The van der Waals surface area contributed by atoms with Gasteiger partial charge in [-0.15, -0.1) is 0 Å². The van der Waals surface area contributed by atoms with E-state index in [1.54, 1.807) is 30.3 Å². The van der Waals surface area contributed by atoms with Crippen molar-refractivity contribution < 1.29 is 54.0 Å². The van der Waals surface area contributed by atoms with Crippen LogP contribution >= 0.6 is 0 Å². The summed E-state index contributed by atoms with van der Waals surface area (Å²) in [5.41, 5.74) is -14.2. The van der Waals surface area contributed by atoms with Gasteiger partial charge in [-0.25, -0.2) is 0 Å². The van der Waals surface area contributed by atoms with Crippen molar-refractivity contribution in [3.63, 3.8) is 0 Å². The number of hydrogen-bond acceptors (Lipinski definition) is 12. The molecule has 0 aliphatic carbocycles. The number of ether oxygens (including phenoxy) is 1. The first-order chi connectivity index (χ1) is 16.0. The summed E-state index contributed by atoms with van der Waals surface area (Å²) in [5, 5.41) is 48.5. The van der Waals surface area contributed by atoms with E-state index in [1.807, 2.05) is 0 Å². The highest BCUT2D eigenvalue weighted by Gasteiger charge is 2.77. The van der Waals surface area contributed by atoms with Crippen molar-refractivity contribution >= 4 is 35.3 Å². The molecule has 0 amide bonds. The van der Waals surface area contributed by atoms with Gasteiger partial charge in [-0.1, -0.05) is 35.5 Å². The topological polar surface area (TPSA) is 197 Å². The molecule has 0 heterocycles. The van der Waals surface area contributed by atoms with Gasteiger partial charge in [0.1, 0.15) is 13.2 Å². The molecule has 12 nitrogen and oxygen atoms in total. The molecule has 0 unspecified atom stereocenters. The van der Waals surface area contributed by atoms with E-state index in [-0.39, 0.29) is 12.8 Å². The van der Waals surface area contributed by atoms with Gasteiger partial charge in [0.2, 0.25) is 16.8 Å². The molecule has 4 N–H and O–H groups in total. The molecule has 0 aliphatic rings. The average Bonchev–Trinajstić information content (AvgIpc) is 2.78. The van der Waals surface area contributed by atoms with Gasteiger partial charge in [0.15, 0.2) is 28.7 Å². The van der Waals surface area contributed by atoms with Gasteiger partial charge in [0, 0.05) is 6.92 Å². The predicted octanol–water partition coefficient (Wildman–Crippen LogP) is -0.967. The molecule has 192 valence electrons. The Balaban J connectivity index is 3.75. The summed E-state index contributed by atoms with van der Waals surface area (Å²) in [5.74, 6) is -7.12. The first-order valence-electron chi connectivity index (χ1n) is 10.3. The number of esters is 1. The molecule has 0 aromatic heterocycles. The fraction of sp³-hybridized carbons (Fsp3) is 0.478. The van der Waals surface area contributed by atoms with Crippen LogP contribution in [-0.2, 0) is 40.2 Å². The lowest BCUT2D eigenvalue weighted by atomic mass is 9.58. The summed E-state index contributed by atoms with van der Waals surface area (Å²) in [4.78, 5) is 66.7. The summed E-state index contributed by atoms with van der Waals surface area (Å²) in [6, 6.07) is 8.45. The van der Waals surface area contributed by atoms with Crippen LogP contribution in [0.5, 0.6) is 0 Å². The van der Waals surface area contributed by atoms with Crippen LogP contribution in [0, 0.1) is 0 Å². The number of Topliss-reactive ketones (excluding diaryl/α,β-unsaturated/α-hetero) is 4. The van der Waals surface area contributed by atoms with Crippen LogP contribution in [0.1, 0.15) is 40.2 Å². The zero-order valence-corrected chi connectivity index (χ0v) is 20.0. The summed E-state index contributed by atoms with van der Waals surface area (Å²) in [6.07, 6.45) is 0.264. The normalized spacial score (nSPS) is 18.3. The lowest BCUT2D eigenvalue weighted by Crippen LogP contribution is -2.84. The molecule has 0 radical (unpaired) electrons. The molecular weight excluding hydrogens is 466 g/mol. The molecule has 0 bridgehead atoms. The minimum absolute atomic E-state index is 0.176. The van der Waals surface area contributed by atoms with E-state index in [4.69, 9.17) is 4.84 Å². The van der Waals surface area contributed by atoms with Gasteiger partial charge >= 0.3 is 5.97 Å². The molecule has 35 heavy (non-hydrogen) atoms. The van der Waals surface area contributed by atoms with Gasteiger partial charge in [-0.3, -0.25) is 24.0 Å². The third-order valence-corrected chi connectivity index (χ3v) is 5.68. The van der Waals surface area contributed by atoms with Crippen molar-refractivity contribution in [2.75, 3.05) is 6.61 Å². The standard InChI is InChI=1S/C23H29NO11/c1-14(25)20(30,12-24-35-11-19-9-7-6-8-10-19)22(32,16(3)27)23(33,17(4)28)21(31,15(2)26)13-34-18(5)29/h6-10,12,30-33H,11,13H2,1-5H3/t20-,21+,22-,23+/m1/s1. The predicted molar refractivity (Wildman–Crippen MR) is 119 cm³/mol. The fourth-order valence-corrected chi connectivity index (χ4v) is 3.55. The number of aliphatic hydroxyl groups is 4. The van der Waals surface area contributed by atoms with Gasteiger partial charge < -0.3 is 30.0 Å². The summed E-state index contributed by atoms with van der Waals surface area (Å²) >= 11 is 0. The van der Waals surface area contributed by atoms with Crippen molar-refractivity contribution in [1.82, 2.24) is 0 Å². The molecule has 0 fully saturated rings. The Morgan fingerprint density at radius 3 is 1.71 bits per heavy atom. The number of rotatable bonds is 13. The highest BCUT2D eigenvalue weighted by Crippen LogP contribution is 2.43. The molecule has 0 saturated carbocycles. The number of carbonyl (C=O) groups excluding carboxylic acids is 5. The quantitative estimate of drug-likeness (QED) is 0.149. The zero-order chi connectivity index (χ0) is 27.2. The molecule has 0 spiro atoms. The third-order valence-electron chi connectivity index (χ3n) is 5.68. The number of benzene rings is 1. The van der Waals surface area contributed by atoms with E-state index in [0.29, 0.717) is 33.3 Å². The fourth-order valence-electron chi connectivity index (χ4n) is 3.55. The Morgan fingerprint density at radius 1 is 0.800 bits per heavy atom. The average molecular weight is 495 g/mol. The number of nitrogens with zero attached hydrogens (tertiary/aromatic N) is 1. The lowest BCUT2D eigenvalue weighted by molar-refractivity contribution is -0.259. The van der Waals surface area contributed by atoms with Gasteiger partial charge in [0.05, 0.1) is 6.21 Å². The first kappa shape index (κ1) is 29.7. The molecule has 1 aromatic rings. The first-order valence-corrected chi connectivity index (χ1v) is 10.3. The van der Waals surface area contributed by atoms with E-state index >= 15 is 0 Å². The van der Waals surface area contributed by atoms with Crippen molar-refractivity contribution in [2.24, 2.45) is 5.16 Å². The second-order valence-electron chi connectivity index (χ2n) is 8.05. The minimum atomic E-state index is -3.90. The van der Waals surface area contributed by atoms with E-state index in [9.17, 15) is 44.4 Å². The van der Waals surface area contributed by atoms with E-state index in [0.717, 1.165) is 6.92 Å². The van der Waals surface area contributed by atoms with Gasteiger partial charge in [-0.05, 0) is 33.3 Å². The monoisotopic (exact) mass is 495 g/mol. The van der Waals surface area contributed by atoms with Gasteiger partial charge in [-0.2, -0.15) is 0 Å². The van der Waals surface area contributed by atoms with Crippen molar-refractivity contribution in [3.8, 4) is 0 Å². The van der Waals surface area contributed by atoms with Crippen LogP contribution in [-0.4, -0.2) is 84.8 Å². The smallest absolute Gasteiger partial charge is 0.302 e. The Bertz CT molecular complexity index is 1020. The molecule has 12 heteroatoms. The highest BCUT2D eigenvalue weighted by molar-refractivity contribution is 6.14. The maximum atomic E-state index is 12.7. The molecule has 4 atom stereocenters. The third kappa shape index (κ3) is 5.20. The van der Waals surface area contributed by atoms with E-state index < -0.39 is 58.1 Å². The second kappa shape index (κ2) is 11.0. The number of oxime groups is 1. The van der Waals surface area contributed by atoms with Crippen LogP contribution in [0.25, 0.3) is 0 Å². The van der Waals surface area contributed by atoms with Crippen molar-refractivity contribution in [1.29, 1.82) is 0 Å². The summed E-state index contributed by atoms with van der Waals surface area (Å²) in [7, 11) is 0. The maximum absolute atomic E-state index is 12.7. The summed E-state index contributed by atoms with van der Waals surface area (Å²) in [6.45, 7) is 1.83. The minimum Gasteiger partial charge on any atom is -0.462 e. The lowest BCUT2D eigenvalue weighted by Gasteiger charge is -2.52. The number of ketones is 4. The molecule has 0 aliphatic heterocycles. The van der Waals surface area contributed by atoms with E-state index in [2.05, 4.69) is 9.89 Å². The van der Waals surface area contributed by atoms with Gasteiger partial charge in [0.25, 0.3) is 0 Å². The number of hydrogen-bond donors (Lipinski definition) is 4. The van der Waals surface area contributed by atoms with Crippen molar-refractivity contribution in [3.05, 3.63) is 35.9 Å². The van der Waals surface area contributed by atoms with Crippen LogP contribution in [0.15, 0.2) is 35.5 Å². The SMILES string of the molecule is CC(=O)OC[C@](O)(C(C)=O)[C@@](O)(C(C)=O)[C@@](O)(C(C)=O)[C@@](O)(C=NOCc1ccccc1)C(C)=O. The molecule has 1 aromatic carbocycles. The maximum Gasteiger partial charge on any atom is 0.302 e.